The van der Waals surface area contributed by atoms with Crippen LogP contribution in [-0.2, 0) is 9.53 Å². The second kappa shape index (κ2) is 10.6. The fraction of sp³-hybridized carbons (Fsp3) is 0.393. The van der Waals surface area contributed by atoms with Crippen LogP contribution in [0.15, 0.2) is 35.3 Å². The number of hydrogen-bond donors (Lipinski definition) is 2. The van der Waals surface area contributed by atoms with E-state index in [-0.39, 0.29) is 41.9 Å². The molecule has 1 aromatic carbocycles. The number of fused-ring (bicyclic) bond motifs is 1. The minimum absolute atomic E-state index is 0.00492. The number of cyclic esters (lactones) is 1. The fourth-order valence-electron chi connectivity index (χ4n) is 5.42. The average molecular weight is 583 g/mol. The number of carboxylic acid groups (broad SMARTS) is 1. The second-order valence-electron chi connectivity index (χ2n) is 10.6. The lowest BCUT2D eigenvalue weighted by Gasteiger charge is -2.37. The number of ether oxygens (including phenoxy) is 1. The molecular weight excluding hydrogens is 554 g/mol. The topological polar surface area (TPSA) is 137 Å². The molecule has 14 heteroatoms. The zero-order valence-corrected chi connectivity index (χ0v) is 22.7. The minimum Gasteiger partial charge on any atom is -0.477 e. The highest BCUT2D eigenvalue weighted by molar-refractivity contribution is 5.92. The number of carbonyl (C=O) groups is 3. The van der Waals surface area contributed by atoms with Crippen molar-refractivity contribution in [3.05, 3.63) is 57.9 Å². The highest BCUT2D eigenvalue weighted by Crippen LogP contribution is 2.37. The van der Waals surface area contributed by atoms with E-state index < -0.39 is 40.8 Å². The third-order valence-electron chi connectivity index (χ3n) is 7.73. The number of benzene rings is 1. The van der Waals surface area contributed by atoms with E-state index in [0.29, 0.717) is 37.6 Å². The first-order valence-corrected chi connectivity index (χ1v) is 13.6. The molecule has 4 heterocycles. The Balaban J connectivity index is 1.18. The van der Waals surface area contributed by atoms with E-state index in [9.17, 15) is 24.3 Å². The molecule has 3 aromatic rings. The van der Waals surface area contributed by atoms with Gasteiger partial charge in [0, 0.05) is 45.3 Å². The van der Waals surface area contributed by atoms with Crippen molar-refractivity contribution in [3.8, 4) is 0 Å². The number of aromatic nitrogens is 2. The summed E-state index contributed by atoms with van der Waals surface area (Å²) < 4.78 is 37.4. The zero-order valence-electron chi connectivity index (χ0n) is 22.7. The van der Waals surface area contributed by atoms with Crippen LogP contribution in [0.5, 0.6) is 0 Å². The van der Waals surface area contributed by atoms with Crippen LogP contribution >= 0.6 is 0 Å². The van der Waals surface area contributed by atoms with Gasteiger partial charge in [-0.2, -0.15) is 0 Å². The van der Waals surface area contributed by atoms with Gasteiger partial charge in [-0.25, -0.2) is 23.4 Å². The van der Waals surface area contributed by atoms with Gasteiger partial charge in [0.15, 0.2) is 11.6 Å². The average Bonchev–Trinajstić information content (AvgIpc) is 3.73. The Kier molecular flexibility index (Phi) is 6.91. The number of anilines is 3. The predicted octanol–water partition coefficient (Wildman–Crippen LogP) is 2.50. The molecule has 2 N–H and O–H groups in total. The number of nitrogens with zero attached hydrogens (tertiary/aromatic N) is 5. The predicted molar refractivity (Wildman–Crippen MR) is 148 cm³/mol. The van der Waals surface area contributed by atoms with Crippen LogP contribution in [0.25, 0.3) is 11.0 Å². The van der Waals surface area contributed by atoms with Crippen LogP contribution < -0.4 is 25.4 Å². The van der Waals surface area contributed by atoms with E-state index in [2.05, 4.69) is 10.3 Å². The molecule has 3 aliphatic rings. The molecule has 2 saturated heterocycles. The molecule has 12 nitrogen and oxygen atoms in total. The maximum Gasteiger partial charge on any atom is 0.414 e. The molecule has 0 radical (unpaired) electrons. The van der Waals surface area contributed by atoms with Gasteiger partial charge in [-0.05, 0) is 37.1 Å². The van der Waals surface area contributed by atoms with Crippen LogP contribution in [-0.4, -0.2) is 78.0 Å². The van der Waals surface area contributed by atoms with Crippen molar-refractivity contribution >= 4 is 46.2 Å². The first-order valence-electron chi connectivity index (χ1n) is 13.6. The van der Waals surface area contributed by atoms with Gasteiger partial charge in [0.1, 0.15) is 23.1 Å². The Bertz CT molecular complexity index is 1670. The van der Waals surface area contributed by atoms with Crippen LogP contribution in [0.3, 0.4) is 0 Å². The summed E-state index contributed by atoms with van der Waals surface area (Å²) in [6.45, 7) is 3.05. The Hall–Kier alpha value is -4.75. The van der Waals surface area contributed by atoms with Crippen molar-refractivity contribution < 1.29 is 33.0 Å². The Morgan fingerprint density at radius 2 is 1.79 bits per heavy atom. The number of amides is 2. The number of nitrogens with one attached hydrogen (secondary N) is 1. The van der Waals surface area contributed by atoms with Crippen molar-refractivity contribution in [2.45, 2.75) is 31.9 Å². The van der Waals surface area contributed by atoms with Gasteiger partial charge in [-0.1, -0.05) is 0 Å². The number of piperazine rings is 1. The number of aromatic carboxylic acids is 1. The number of hydrogen-bond acceptors (Lipinski definition) is 8. The van der Waals surface area contributed by atoms with Gasteiger partial charge in [-0.15, -0.1) is 0 Å². The van der Waals surface area contributed by atoms with Crippen molar-refractivity contribution in [2.24, 2.45) is 0 Å². The van der Waals surface area contributed by atoms with Gasteiger partial charge >= 0.3 is 12.1 Å². The molecule has 0 bridgehead atoms. The van der Waals surface area contributed by atoms with Gasteiger partial charge in [0.05, 0.1) is 29.9 Å². The maximum atomic E-state index is 15.3. The molecule has 2 aliphatic heterocycles. The summed E-state index contributed by atoms with van der Waals surface area (Å²) in [5, 5.41) is 12.0. The summed E-state index contributed by atoms with van der Waals surface area (Å²) in [7, 11) is 0. The zero-order chi connectivity index (χ0) is 29.7. The van der Waals surface area contributed by atoms with E-state index in [4.69, 9.17) is 4.74 Å². The van der Waals surface area contributed by atoms with Crippen LogP contribution in [0, 0.1) is 11.6 Å². The lowest BCUT2D eigenvalue weighted by Crippen LogP contribution is -2.47. The number of pyridine rings is 2. The molecule has 1 aliphatic carbocycles. The van der Waals surface area contributed by atoms with E-state index in [1.165, 1.54) is 24.1 Å². The number of carboxylic acids is 1. The van der Waals surface area contributed by atoms with E-state index in [1.807, 2.05) is 4.90 Å². The normalized spacial score (nSPS) is 18.9. The number of carbonyl (C=O) groups excluding carboxylic acids is 2. The fourth-order valence-corrected chi connectivity index (χ4v) is 5.42. The van der Waals surface area contributed by atoms with Crippen LogP contribution in [0.4, 0.5) is 30.8 Å². The van der Waals surface area contributed by atoms with Crippen LogP contribution in [0.2, 0.25) is 0 Å². The number of halogens is 2. The molecule has 0 unspecified atom stereocenters. The third kappa shape index (κ3) is 5.08. The molecule has 1 saturated carbocycles. The summed E-state index contributed by atoms with van der Waals surface area (Å²) >= 11 is 0. The van der Waals surface area contributed by atoms with Crippen molar-refractivity contribution in [1.82, 2.24) is 14.9 Å². The van der Waals surface area contributed by atoms with E-state index >= 15 is 8.78 Å². The smallest absolute Gasteiger partial charge is 0.414 e. The largest absolute Gasteiger partial charge is 0.477 e. The van der Waals surface area contributed by atoms with Crippen molar-refractivity contribution in [2.75, 3.05) is 54.0 Å². The van der Waals surface area contributed by atoms with E-state index in [1.54, 1.807) is 21.6 Å². The van der Waals surface area contributed by atoms with Gasteiger partial charge in [0.2, 0.25) is 11.3 Å². The molecule has 2 amide bonds. The second-order valence-corrected chi connectivity index (χ2v) is 10.6. The number of rotatable bonds is 7. The first kappa shape index (κ1) is 27.4. The summed E-state index contributed by atoms with van der Waals surface area (Å²) in [6.07, 6.45) is 1.74. The summed E-state index contributed by atoms with van der Waals surface area (Å²) in [4.78, 5) is 57.1. The summed E-state index contributed by atoms with van der Waals surface area (Å²) in [5.41, 5.74) is -0.289. The molecule has 3 fully saturated rings. The van der Waals surface area contributed by atoms with Gasteiger partial charge < -0.3 is 29.5 Å². The quantitative estimate of drug-likeness (QED) is 0.431. The SMILES string of the molecule is CC(=O)NC[C@H]1CN(c2ccc(N3CCN(c4nc5c(cc4F)c(=O)c(C(=O)O)cn5C4CC4)CC3)c(F)c2)C(=O)O1. The molecule has 2 aromatic heterocycles. The standard InChI is InChI=1S/C28H28F2N6O6/c1-15(37)31-12-18-13-36(28(41)42-18)17-4-5-23(21(29)10-17)33-6-8-34(9-7-33)26-22(30)11-19-24(38)20(27(39)40)14-35(16-2-3-16)25(19)32-26/h4-5,10-11,14,16,18H,2-3,6-9,12-13H2,1H3,(H,31,37)(H,39,40)/t18-/m0/s1. The Morgan fingerprint density at radius 3 is 2.43 bits per heavy atom. The van der Waals surface area contributed by atoms with Gasteiger partial charge in [-0.3, -0.25) is 14.5 Å². The summed E-state index contributed by atoms with van der Waals surface area (Å²) in [5.74, 6) is -2.83. The summed E-state index contributed by atoms with van der Waals surface area (Å²) in [6, 6.07) is 5.53. The third-order valence-corrected chi connectivity index (χ3v) is 7.73. The molecule has 220 valence electrons. The first-order chi connectivity index (χ1) is 20.1. The Labute approximate surface area is 238 Å². The minimum atomic E-state index is -1.37. The van der Waals surface area contributed by atoms with E-state index in [0.717, 1.165) is 18.9 Å². The molecule has 0 spiro atoms. The lowest BCUT2D eigenvalue weighted by molar-refractivity contribution is -0.119. The van der Waals surface area contributed by atoms with Crippen molar-refractivity contribution in [3.63, 3.8) is 0 Å². The van der Waals surface area contributed by atoms with Gasteiger partial charge in [0.25, 0.3) is 0 Å². The molecule has 6 rings (SSSR count). The highest BCUT2D eigenvalue weighted by atomic mass is 19.1. The van der Waals surface area contributed by atoms with Crippen molar-refractivity contribution in [1.29, 1.82) is 0 Å². The molecule has 1 atom stereocenters. The molecule has 42 heavy (non-hydrogen) atoms. The molecular formula is C28H28F2N6O6. The maximum absolute atomic E-state index is 15.3. The highest BCUT2D eigenvalue weighted by Gasteiger charge is 2.33. The monoisotopic (exact) mass is 582 g/mol. The van der Waals surface area contributed by atoms with Crippen LogP contribution in [0.1, 0.15) is 36.2 Å². The Morgan fingerprint density at radius 1 is 1.07 bits per heavy atom. The lowest BCUT2D eigenvalue weighted by atomic mass is 10.1.